The molecule has 2 aromatic rings. The van der Waals surface area contributed by atoms with E-state index in [1.807, 2.05) is 11.5 Å². The van der Waals surface area contributed by atoms with Gasteiger partial charge in [0.05, 0.1) is 17.0 Å². The first-order chi connectivity index (χ1) is 10.8. The topological polar surface area (TPSA) is 46.9 Å². The van der Waals surface area contributed by atoms with Crippen LogP contribution in [0.15, 0.2) is 35.7 Å². The highest BCUT2D eigenvalue weighted by Gasteiger charge is 2.34. The van der Waals surface area contributed by atoms with Crippen molar-refractivity contribution in [2.75, 3.05) is 11.1 Å². The molecule has 9 heteroatoms. The fourth-order valence-electron chi connectivity index (χ4n) is 1.85. The van der Waals surface area contributed by atoms with Gasteiger partial charge in [0.1, 0.15) is 0 Å². The molecule has 1 heterocycles. The lowest BCUT2D eigenvalue weighted by Gasteiger charge is -2.14. The van der Waals surface area contributed by atoms with E-state index in [0.717, 1.165) is 23.9 Å². The summed E-state index contributed by atoms with van der Waals surface area (Å²) in [5.74, 6) is -0.592. The molecule has 1 amide bonds. The van der Waals surface area contributed by atoms with E-state index >= 15 is 0 Å². The van der Waals surface area contributed by atoms with E-state index in [9.17, 15) is 18.0 Å². The van der Waals surface area contributed by atoms with Gasteiger partial charge in [0.25, 0.3) is 0 Å². The number of hydrogen-bond donors (Lipinski definition) is 1. The van der Waals surface area contributed by atoms with Gasteiger partial charge in [0, 0.05) is 24.0 Å². The summed E-state index contributed by atoms with van der Waals surface area (Å²) < 4.78 is 40.7. The quantitative estimate of drug-likeness (QED) is 0.805. The molecule has 0 fully saturated rings. The number of hydrogen-bond acceptors (Lipinski definition) is 3. The fraction of sp³-hybridized carbons (Fsp3) is 0.286. The zero-order chi connectivity index (χ0) is 17.0. The van der Waals surface area contributed by atoms with Crippen LogP contribution >= 0.6 is 23.4 Å². The number of thioether (sulfide) groups is 1. The molecule has 0 saturated heterocycles. The average Bonchev–Trinajstić information content (AvgIpc) is 2.93. The van der Waals surface area contributed by atoms with E-state index in [1.165, 1.54) is 6.07 Å². The number of anilines is 1. The van der Waals surface area contributed by atoms with Gasteiger partial charge in [-0.1, -0.05) is 23.4 Å². The van der Waals surface area contributed by atoms with Crippen LogP contribution in [0.25, 0.3) is 0 Å². The number of amides is 1. The Morgan fingerprint density at radius 3 is 2.83 bits per heavy atom. The van der Waals surface area contributed by atoms with Gasteiger partial charge in [-0.2, -0.15) is 13.2 Å². The van der Waals surface area contributed by atoms with E-state index < -0.39 is 17.6 Å². The maximum Gasteiger partial charge on any atom is 0.418 e. The lowest BCUT2D eigenvalue weighted by atomic mass is 10.1. The van der Waals surface area contributed by atoms with Crippen LogP contribution in [0.3, 0.4) is 0 Å². The highest BCUT2D eigenvalue weighted by molar-refractivity contribution is 7.99. The summed E-state index contributed by atoms with van der Waals surface area (Å²) in [6, 6.07) is 3.22. The summed E-state index contributed by atoms with van der Waals surface area (Å²) in [6.45, 7) is 2.62. The van der Waals surface area contributed by atoms with Crippen LogP contribution in [0.5, 0.6) is 0 Å². The molecule has 1 N–H and O–H groups in total. The second-order valence-corrected chi connectivity index (χ2v) is 5.90. The SMILES string of the molecule is CCn1ccnc1SCC(=O)Nc1ccc(Cl)cc1C(F)(F)F. The number of imidazole rings is 1. The Balaban J connectivity index is 2.06. The molecule has 0 radical (unpaired) electrons. The highest BCUT2D eigenvalue weighted by atomic mass is 35.5. The minimum atomic E-state index is -4.60. The number of aromatic nitrogens is 2. The Hall–Kier alpha value is -1.67. The van der Waals surface area contributed by atoms with Crippen LogP contribution in [0.4, 0.5) is 18.9 Å². The predicted octanol–water partition coefficient (Wildman–Crippen LogP) is 4.31. The minimum Gasteiger partial charge on any atom is -0.326 e. The van der Waals surface area contributed by atoms with Gasteiger partial charge in [-0.25, -0.2) is 4.98 Å². The molecule has 0 spiro atoms. The van der Waals surface area contributed by atoms with E-state index in [4.69, 9.17) is 11.6 Å². The smallest absolute Gasteiger partial charge is 0.326 e. The first-order valence-electron chi connectivity index (χ1n) is 6.61. The van der Waals surface area contributed by atoms with Gasteiger partial charge in [0.2, 0.25) is 5.91 Å². The first-order valence-corrected chi connectivity index (χ1v) is 7.98. The number of alkyl halides is 3. The number of benzene rings is 1. The summed E-state index contributed by atoms with van der Waals surface area (Å²) in [7, 11) is 0. The van der Waals surface area contributed by atoms with Crippen LogP contribution in [-0.4, -0.2) is 21.2 Å². The number of halogens is 4. The lowest BCUT2D eigenvalue weighted by Crippen LogP contribution is -2.18. The number of aryl methyl sites for hydroxylation is 1. The molecule has 0 aliphatic carbocycles. The van der Waals surface area contributed by atoms with Crippen LogP contribution in [0.1, 0.15) is 12.5 Å². The maximum absolute atomic E-state index is 13.0. The number of rotatable bonds is 5. The number of nitrogens with one attached hydrogen (secondary N) is 1. The van der Waals surface area contributed by atoms with Gasteiger partial charge in [0.15, 0.2) is 5.16 Å². The van der Waals surface area contributed by atoms with Crippen molar-refractivity contribution in [1.82, 2.24) is 9.55 Å². The third-order valence-electron chi connectivity index (χ3n) is 2.91. The molecule has 23 heavy (non-hydrogen) atoms. The molecule has 4 nitrogen and oxygen atoms in total. The molecule has 0 saturated carbocycles. The molecule has 0 unspecified atom stereocenters. The molecule has 2 rings (SSSR count). The van der Waals surface area contributed by atoms with Crippen LogP contribution in [0, 0.1) is 0 Å². The molecular weight excluding hydrogens is 351 g/mol. The van der Waals surface area contributed by atoms with E-state index in [1.54, 1.807) is 12.4 Å². The first kappa shape index (κ1) is 17.7. The van der Waals surface area contributed by atoms with Crippen molar-refractivity contribution in [3.8, 4) is 0 Å². The zero-order valence-electron chi connectivity index (χ0n) is 12.0. The van der Waals surface area contributed by atoms with Gasteiger partial charge < -0.3 is 9.88 Å². The lowest BCUT2D eigenvalue weighted by molar-refractivity contribution is -0.137. The van der Waals surface area contributed by atoms with Crippen LogP contribution in [-0.2, 0) is 17.5 Å². The average molecular weight is 364 g/mol. The molecule has 124 valence electrons. The second-order valence-electron chi connectivity index (χ2n) is 4.52. The Morgan fingerprint density at radius 2 is 2.17 bits per heavy atom. The summed E-state index contributed by atoms with van der Waals surface area (Å²) in [4.78, 5) is 16.0. The highest BCUT2D eigenvalue weighted by Crippen LogP contribution is 2.36. The Morgan fingerprint density at radius 1 is 1.43 bits per heavy atom. The molecule has 0 aliphatic heterocycles. The van der Waals surface area contributed by atoms with Crippen molar-refractivity contribution in [3.05, 3.63) is 41.2 Å². The van der Waals surface area contributed by atoms with Crippen molar-refractivity contribution < 1.29 is 18.0 Å². The predicted molar refractivity (Wildman–Crippen MR) is 83.7 cm³/mol. The van der Waals surface area contributed by atoms with Gasteiger partial charge in [-0.05, 0) is 25.1 Å². The molecule has 1 aromatic carbocycles. The standard InChI is InChI=1S/C14H13ClF3N3OS/c1-2-21-6-5-19-13(21)23-8-12(22)20-11-4-3-9(15)7-10(11)14(16,17)18/h3-7H,2,8H2,1H3,(H,20,22). The zero-order valence-corrected chi connectivity index (χ0v) is 13.6. The van der Waals surface area contributed by atoms with Crippen molar-refractivity contribution >= 4 is 35.0 Å². The van der Waals surface area contributed by atoms with Gasteiger partial charge in [-0.3, -0.25) is 4.79 Å². The number of carbonyl (C=O) groups excluding carboxylic acids is 1. The fourth-order valence-corrected chi connectivity index (χ4v) is 2.85. The van der Waals surface area contributed by atoms with E-state index in [-0.39, 0.29) is 16.5 Å². The molecule has 0 aliphatic rings. The summed E-state index contributed by atoms with van der Waals surface area (Å²) in [5, 5.41) is 2.86. The second kappa shape index (κ2) is 7.27. The van der Waals surface area contributed by atoms with Gasteiger partial charge >= 0.3 is 6.18 Å². The van der Waals surface area contributed by atoms with Crippen LogP contribution < -0.4 is 5.32 Å². The van der Waals surface area contributed by atoms with Crippen molar-refractivity contribution in [1.29, 1.82) is 0 Å². The third-order valence-corrected chi connectivity index (χ3v) is 4.15. The number of nitrogens with zero attached hydrogens (tertiary/aromatic N) is 2. The largest absolute Gasteiger partial charge is 0.418 e. The summed E-state index contributed by atoms with van der Waals surface area (Å²) >= 11 is 6.75. The molecule has 0 atom stereocenters. The van der Waals surface area contributed by atoms with Crippen molar-refractivity contribution in [2.45, 2.75) is 24.8 Å². The normalized spacial score (nSPS) is 11.5. The Kier molecular flexibility index (Phi) is 5.59. The maximum atomic E-state index is 13.0. The third kappa shape index (κ3) is 4.65. The van der Waals surface area contributed by atoms with E-state index in [2.05, 4.69) is 10.3 Å². The van der Waals surface area contributed by atoms with Crippen molar-refractivity contribution in [2.24, 2.45) is 0 Å². The van der Waals surface area contributed by atoms with E-state index in [0.29, 0.717) is 11.7 Å². The van der Waals surface area contributed by atoms with Crippen molar-refractivity contribution in [3.63, 3.8) is 0 Å². The Bertz CT molecular complexity index is 703. The molecule has 1 aromatic heterocycles. The van der Waals surface area contributed by atoms with Crippen LogP contribution in [0.2, 0.25) is 5.02 Å². The monoisotopic (exact) mass is 363 g/mol. The minimum absolute atomic E-state index is 0.0447. The Labute approximate surface area is 140 Å². The molecule has 0 bridgehead atoms. The number of carbonyl (C=O) groups is 1. The van der Waals surface area contributed by atoms with Gasteiger partial charge in [-0.15, -0.1) is 0 Å². The summed E-state index contributed by atoms with van der Waals surface area (Å²) in [5.41, 5.74) is -1.29. The summed E-state index contributed by atoms with van der Waals surface area (Å²) in [6.07, 6.45) is -1.23. The molecular formula is C14H13ClF3N3OS.